The minimum atomic E-state index is -0.339. The van der Waals surface area contributed by atoms with Gasteiger partial charge in [-0.05, 0) is 18.9 Å². The monoisotopic (exact) mass is 192 g/mol. The van der Waals surface area contributed by atoms with E-state index in [1.54, 1.807) is 0 Å². The predicted octanol–water partition coefficient (Wildman–Crippen LogP) is 2.30. The predicted molar refractivity (Wildman–Crippen MR) is 55.5 cm³/mol. The second-order valence-electron chi connectivity index (χ2n) is 3.47. The van der Waals surface area contributed by atoms with Crippen LogP contribution >= 0.6 is 0 Å². The van der Waals surface area contributed by atoms with Crippen LogP contribution in [0.25, 0.3) is 0 Å². The van der Waals surface area contributed by atoms with Gasteiger partial charge in [0.1, 0.15) is 0 Å². The number of rotatable bonds is 3. The fourth-order valence-electron chi connectivity index (χ4n) is 1.46. The summed E-state index contributed by atoms with van der Waals surface area (Å²) in [5.74, 6) is 6.27. The number of ether oxygens (including phenoxy) is 1. The molecule has 0 amide bonds. The summed E-state index contributed by atoms with van der Waals surface area (Å²) < 4.78 is 5.00. The van der Waals surface area contributed by atoms with E-state index in [1.807, 2.05) is 12.2 Å². The van der Waals surface area contributed by atoms with Gasteiger partial charge < -0.3 is 4.74 Å². The van der Waals surface area contributed by atoms with Crippen molar-refractivity contribution in [3.05, 3.63) is 12.2 Å². The SMILES string of the molecule is CCCC1C#CC(OC(C)=O)C=CC1. The second-order valence-corrected chi connectivity index (χ2v) is 3.47. The molecule has 0 bridgehead atoms. The molecule has 1 rings (SSSR count). The molecule has 0 aromatic carbocycles. The van der Waals surface area contributed by atoms with E-state index in [0.717, 1.165) is 19.3 Å². The molecule has 14 heavy (non-hydrogen) atoms. The lowest BCUT2D eigenvalue weighted by molar-refractivity contribution is -0.142. The average Bonchev–Trinajstić information content (AvgIpc) is 2.31. The molecule has 0 fully saturated rings. The topological polar surface area (TPSA) is 26.3 Å². The Labute approximate surface area is 85.3 Å². The highest BCUT2D eigenvalue weighted by atomic mass is 16.5. The fraction of sp³-hybridized carbons (Fsp3) is 0.583. The molecular weight excluding hydrogens is 176 g/mol. The Morgan fingerprint density at radius 2 is 2.36 bits per heavy atom. The summed E-state index contributed by atoms with van der Waals surface area (Å²) in [6.45, 7) is 3.56. The molecule has 0 saturated carbocycles. The molecule has 1 aliphatic rings. The first-order valence-corrected chi connectivity index (χ1v) is 5.07. The summed E-state index contributed by atoms with van der Waals surface area (Å²) in [4.78, 5) is 10.7. The molecule has 0 heterocycles. The Kier molecular flexibility index (Phi) is 4.25. The number of allylic oxidation sites excluding steroid dienone is 1. The Bertz CT molecular complexity index is 280. The van der Waals surface area contributed by atoms with Crippen molar-refractivity contribution in [2.75, 3.05) is 0 Å². The molecule has 2 heteroatoms. The average molecular weight is 192 g/mol. The molecule has 0 radical (unpaired) electrons. The van der Waals surface area contributed by atoms with E-state index in [1.165, 1.54) is 6.92 Å². The van der Waals surface area contributed by atoms with Gasteiger partial charge in [-0.3, -0.25) is 4.79 Å². The number of carbonyl (C=O) groups excluding carboxylic acids is 1. The van der Waals surface area contributed by atoms with Crippen molar-refractivity contribution >= 4 is 5.97 Å². The largest absolute Gasteiger partial charge is 0.445 e. The van der Waals surface area contributed by atoms with Crippen molar-refractivity contribution in [1.82, 2.24) is 0 Å². The van der Waals surface area contributed by atoms with E-state index in [9.17, 15) is 4.79 Å². The summed E-state index contributed by atoms with van der Waals surface area (Å²) >= 11 is 0. The van der Waals surface area contributed by atoms with Crippen LogP contribution in [-0.2, 0) is 9.53 Å². The third-order valence-electron chi connectivity index (χ3n) is 2.09. The lowest BCUT2D eigenvalue weighted by Crippen LogP contribution is -2.10. The van der Waals surface area contributed by atoms with Crippen LogP contribution in [0.4, 0.5) is 0 Å². The first-order valence-electron chi connectivity index (χ1n) is 5.07. The highest BCUT2D eigenvalue weighted by molar-refractivity contribution is 5.66. The van der Waals surface area contributed by atoms with Gasteiger partial charge in [0.25, 0.3) is 0 Å². The quantitative estimate of drug-likeness (QED) is 0.389. The molecule has 76 valence electrons. The minimum absolute atomic E-state index is 0.275. The fourth-order valence-corrected chi connectivity index (χ4v) is 1.46. The summed E-state index contributed by atoms with van der Waals surface area (Å²) in [5.41, 5.74) is 0. The zero-order chi connectivity index (χ0) is 10.4. The maximum absolute atomic E-state index is 10.7. The molecule has 2 atom stereocenters. The van der Waals surface area contributed by atoms with Crippen molar-refractivity contribution in [3.8, 4) is 11.8 Å². The lowest BCUT2D eigenvalue weighted by atomic mass is 10.0. The van der Waals surface area contributed by atoms with Gasteiger partial charge in [-0.1, -0.05) is 31.3 Å². The van der Waals surface area contributed by atoms with Crippen LogP contribution in [0, 0.1) is 17.8 Å². The van der Waals surface area contributed by atoms with E-state index in [-0.39, 0.29) is 12.1 Å². The maximum atomic E-state index is 10.7. The summed E-state index contributed by atoms with van der Waals surface area (Å²) in [6, 6.07) is 0. The normalized spacial score (nSPS) is 24.7. The van der Waals surface area contributed by atoms with Gasteiger partial charge in [-0.15, -0.1) is 0 Å². The van der Waals surface area contributed by atoms with E-state index < -0.39 is 0 Å². The number of hydrogen-bond acceptors (Lipinski definition) is 2. The lowest BCUT2D eigenvalue weighted by Gasteiger charge is -2.03. The Balaban J connectivity index is 2.55. The highest BCUT2D eigenvalue weighted by Crippen LogP contribution is 2.13. The number of esters is 1. The van der Waals surface area contributed by atoms with E-state index in [2.05, 4.69) is 18.8 Å². The van der Waals surface area contributed by atoms with Gasteiger partial charge in [-0.2, -0.15) is 0 Å². The zero-order valence-electron chi connectivity index (χ0n) is 8.75. The molecule has 2 nitrogen and oxygen atoms in total. The van der Waals surface area contributed by atoms with Crippen molar-refractivity contribution in [1.29, 1.82) is 0 Å². The van der Waals surface area contributed by atoms with Crippen molar-refractivity contribution < 1.29 is 9.53 Å². The first kappa shape index (κ1) is 10.8. The molecule has 0 aliphatic heterocycles. The minimum Gasteiger partial charge on any atom is -0.445 e. The first-order chi connectivity index (χ1) is 6.72. The third kappa shape index (κ3) is 3.66. The molecule has 2 unspecified atom stereocenters. The maximum Gasteiger partial charge on any atom is 0.304 e. The van der Waals surface area contributed by atoms with Gasteiger partial charge in [0.15, 0.2) is 6.10 Å². The summed E-state index contributed by atoms with van der Waals surface area (Å²) in [6.07, 6.45) is 6.80. The van der Waals surface area contributed by atoms with Crippen LogP contribution in [0.3, 0.4) is 0 Å². The van der Waals surface area contributed by atoms with Gasteiger partial charge in [0.2, 0.25) is 0 Å². The van der Waals surface area contributed by atoms with Crippen LogP contribution in [0.1, 0.15) is 33.1 Å². The summed E-state index contributed by atoms with van der Waals surface area (Å²) in [7, 11) is 0. The smallest absolute Gasteiger partial charge is 0.304 e. The number of carbonyl (C=O) groups is 1. The van der Waals surface area contributed by atoms with Crippen molar-refractivity contribution in [3.63, 3.8) is 0 Å². The molecule has 0 N–H and O–H groups in total. The molecule has 1 aliphatic carbocycles. The molecule has 0 aromatic rings. The van der Waals surface area contributed by atoms with Gasteiger partial charge in [-0.25, -0.2) is 0 Å². The van der Waals surface area contributed by atoms with E-state index in [0.29, 0.717) is 5.92 Å². The molecule has 0 aromatic heterocycles. The number of hydrogen-bond donors (Lipinski definition) is 0. The van der Waals surface area contributed by atoms with Crippen LogP contribution in [-0.4, -0.2) is 12.1 Å². The van der Waals surface area contributed by atoms with E-state index in [4.69, 9.17) is 4.74 Å². The summed E-state index contributed by atoms with van der Waals surface area (Å²) in [5, 5.41) is 0. The van der Waals surface area contributed by atoms with E-state index >= 15 is 0 Å². The third-order valence-corrected chi connectivity index (χ3v) is 2.09. The zero-order valence-corrected chi connectivity index (χ0v) is 8.75. The van der Waals surface area contributed by atoms with Gasteiger partial charge in [0.05, 0.1) is 0 Å². The van der Waals surface area contributed by atoms with Crippen LogP contribution in [0.5, 0.6) is 0 Å². The van der Waals surface area contributed by atoms with Crippen molar-refractivity contribution in [2.45, 2.75) is 39.2 Å². The Hall–Kier alpha value is -1.23. The second kappa shape index (κ2) is 5.49. The van der Waals surface area contributed by atoms with Crippen LogP contribution < -0.4 is 0 Å². The molecule has 0 spiro atoms. The van der Waals surface area contributed by atoms with Crippen LogP contribution in [0.15, 0.2) is 12.2 Å². The molecular formula is C12H16O2. The highest BCUT2D eigenvalue weighted by Gasteiger charge is 2.09. The molecule has 0 saturated heterocycles. The van der Waals surface area contributed by atoms with Crippen LogP contribution in [0.2, 0.25) is 0 Å². The van der Waals surface area contributed by atoms with Gasteiger partial charge >= 0.3 is 5.97 Å². The Morgan fingerprint density at radius 1 is 1.57 bits per heavy atom. The standard InChI is InChI=1S/C12H16O2/c1-3-5-11-6-4-7-12(9-8-11)14-10(2)13/h4,7,11-12H,3,5-6H2,1-2H3. The van der Waals surface area contributed by atoms with Crippen molar-refractivity contribution in [2.24, 2.45) is 5.92 Å². The van der Waals surface area contributed by atoms with Gasteiger partial charge in [0, 0.05) is 12.8 Å². The Morgan fingerprint density at radius 3 is 3.00 bits per heavy atom.